The summed E-state index contributed by atoms with van der Waals surface area (Å²) in [4.78, 5) is 27.5. The SMILES string of the molecule is COc1ccc(N(CC(=O)N(Cc2cccc(Br)c2)C(C)C(=O)NC(C)C)S(C)(=O)=O)cc1. The van der Waals surface area contributed by atoms with Gasteiger partial charge in [0.15, 0.2) is 0 Å². The van der Waals surface area contributed by atoms with Gasteiger partial charge in [0.05, 0.1) is 19.1 Å². The van der Waals surface area contributed by atoms with Crippen molar-refractivity contribution in [2.24, 2.45) is 0 Å². The topological polar surface area (TPSA) is 96.0 Å². The Kier molecular flexibility index (Phi) is 9.30. The molecule has 1 N–H and O–H groups in total. The number of nitrogens with one attached hydrogen (secondary N) is 1. The van der Waals surface area contributed by atoms with Crippen LogP contribution in [0.25, 0.3) is 0 Å². The van der Waals surface area contributed by atoms with E-state index < -0.39 is 28.5 Å². The molecule has 8 nitrogen and oxygen atoms in total. The van der Waals surface area contributed by atoms with Gasteiger partial charge in [0.1, 0.15) is 18.3 Å². The summed E-state index contributed by atoms with van der Waals surface area (Å²) in [5.41, 5.74) is 1.13. The maximum Gasteiger partial charge on any atom is 0.244 e. The fourth-order valence-corrected chi connectivity index (χ4v) is 4.48. The van der Waals surface area contributed by atoms with Crippen molar-refractivity contribution in [3.63, 3.8) is 0 Å². The molecule has 0 aromatic heterocycles. The van der Waals surface area contributed by atoms with E-state index in [-0.39, 0.29) is 18.5 Å². The second kappa shape index (κ2) is 11.5. The number of anilines is 1. The lowest BCUT2D eigenvalue weighted by Gasteiger charge is -2.32. The Labute approximate surface area is 204 Å². The van der Waals surface area contributed by atoms with Crippen molar-refractivity contribution in [1.29, 1.82) is 0 Å². The molecule has 2 rings (SSSR count). The summed E-state index contributed by atoms with van der Waals surface area (Å²) in [6.45, 7) is 5.00. The van der Waals surface area contributed by atoms with Crippen molar-refractivity contribution in [3.8, 4) is 5.75 Å². The quantitative estimate of drug-likeness (QED) is 0.500. The van der Waals surface area contributed by atoms with Crippen LogP contribution in [0.4, 0.5) is 5.69 Å². The van der Waals surface area contributed by atoms with Gasteiger partial charge in [0.25, 0.3) is 0 Å². The molecule has 0 heterocycles. The highest BCUT2D eigenvalue weighted by molar-refractivity contribution is 9.10. The van der Waals surface area contributed by atoms with Gasteiger partial charge in [-0.2, -0.15) is 0 Å². The maximum atomic E-state index is 13.4. The van der Waals surface area contributed by atoms with Crippen LogP contribution in [-0.4, -0.2) is 57.1 Å². The van der Waals surface area contributed by atoms with Crippen molar-refractivity contribution in [3.05, 3.63) is 58.6 Å². The Morgan fingerprint density at radius 3 is 2.24 bits per heavy atom. The van der Waals surface area contributed by atoms with Crippen molar-refractivity contribution in [2.75, 3.05) is 24.2 Å². The van der Waals surface area contributed by atoms with Gasteiger partial charge < -0.3 is 15.0 Å². The fraction of sp³-hybridized carbons (Fsp3) is 0.391. The van der Waals surface area contributed by atoms with E-state index in [1.807, 2.05) is 38.1 Å². The number of carbonyl (C=O) groups excluding carboxylic acids is 2. The molecule has 0 radical (unpaired) electrons. The third-order valence-corrected chi connectivity index (χ3v) is 6.51. The lowest BCUT2D eigenvalue weighted by atomic mass is 10.1. The van der Waals surface area contributed by atoms with E-state index in [1.165, 1.54) is 12.0 Å². The molecule has 180 valence electrons. The number of ether oxygens (including phenoxy) is 1. The molecule has 33 heavy (non-hydrogen) atoms. The molecule has 2 aromatic carbocycles. The van der Waals surface area contributed by atoms with Crippen LogP contribution >= 0.6 is 15.9 Å². The van der Waals surface area contributed by atoms with Gasteiger partial charge in [-0.3, -0.25) is 13.9 Å². The van der Waals surface area contributed by atoms with Crippen molar-refractivity contribution < 1.29 is 22.7 Å². The minimum absolute atomic E-state index is 0.102. The second-order valence-electron chi connectivity index (χ2n) is 7.96. The average Bonchev–Trinajstić information content (AvgIpc) is 2.74. The molecular weight excluding hydrogens is 510 g/mol. The predicted molar refractivity (Wildman–Crippen MR) is 133 cm³/mol. The van der Waals surface area contributed by atoms with Gasteiger partial charge in [0, 0.05) is 17.1 Å². The summed E-state index contributed by atoms with van der Waals surface area (Å²) in [5.74, 6) is -0.250. The van der Waals surface area contributed by atoms with E-state index in [0.717, 1.165) is 20.6 Å². The largest absolute Gasteiger partial charge is 0.497 e. The Morgan fingerprint density at radius 1 is 1.09 bits per heavy atom. The van der Waals surface area contributed by atoms with Gasteiger partial charge in [0.2, 0.25) is 21.8 Å². The summed E-state index contributed by atoms with van der Waals surface area (Å²) < 4.78 is 32.1. The van der Waals surface area contributed by atoms with Crippen LogP contribution in [-0.2, 0) is 26.2 Å². The zero-order valence-electron chi connectivity index (χ0n) is 19.4. The summed E-state index contributed by atoms with van der Waals surface area (Å²) >= 11 is 3.42. The van der Waals surface area contributed by atoms with Gasteiger partial charge >= 0.3 is 0 Å². The highest BCUT2D eigenvalue weighted by Crippen LogP contribution is 2.22. The Hall–Kier alpha value is -2.59. The molecule has 2 aromatic rings. The summed E-state index contributed by atoms with van der Waals surface area (Å²) in [5, 5.41) is 2.82. The van der Waals surface area contributed by atoms with Crippen molar-refractivity contribution >= 4 is 43.5 Å². The van der Waals surface area contributed by atoms with Crippen LogP contribution in [0.1, 0.15) is 26.3 Å². The zero-order valence-corrected chi connectivity index (χ0v) is 21.8. The highest BCUT2D eigenvalue weighted by atomic mass is 79.9. The summed E-state index contributed by atoms with van der Waals surface area (Å²) in [6, 6.07) is 12.9. The Balaban J connectivity index is 2.38. The number of nitrogens with zero attached hydrogens (tertiary/aromatic N) is 2. The number of hydrogen-bond donors (Lipinski definition) is 1. The standard InChI is InChI=1S/C23H30BrN3O5S/c1-16(2)25-23(29)17(3)26(14-18-7-6-8-19(24)13-18)22(28)15-27(33(5,30)31)20-9-11-21(32-4)12-10-20/h6-13,16-17H,14-15H2,1-5H3,(H,25,29). The molecule has 0 saturated heterocycles. The number of methoxy groups -OCH3 is 1. The molecule has 0 spiro atoms. The number of sulfonamides is 1. The molecule has 0 fully saturated rings. The maximum absolute atomic E-state index is 13.4. The smallest absolute Gasteiger partial charge is 0.244 e. The highest BCUT2D eigenvalue weighted by Gasteiger charge is 2.30. The third kappa shape index (κ3) is 7.75. The van der Waals surface area contributed by atoms with E-state index in [9.17, 15) is 18.0 Å². The van der Waals surface area contributed by atoms with Gasteiger partial charge in [-0.25, -0.2) is 8.42 Å². The molecular formula is C23H30BrN3O5S. The molecule has 0 bridgehead atoms. The van der Waals surface area contributed by atoms with Gasteiger partial charge in [-0.05, 0) is 62.7 Å². The minimum Gasteiger partial charge on any atom is -0.497 e. The van der Waals surface area contributed by atoms with Crippen molar-refractivity contribution in [1.82, 2.24) is 10.2 Å². The van der Waals surface area contributed by atoms with E-state index in [2.05, 4.69) is 21.2 Å². The first kappa shape index (κ1) is 26.7. The normalized spacial score (nSPS) is 12.2. The average molecular weight is 540 g/mol. The number of carbonyl (C=O) groups is 2. The molecule has 10 heteroatoms. The number of rotatable bonds is 10. The van der Waals surface area contributed by atoms with E-state index >= 15 is 0 Å². The number of benzene rings is 2. The minimum atomic E-state index is -3.77. The van der Waals surface area contributed by atoms with Crippen LogP contribution in [0.3, 0.4) is 0 Å². The van der Waals surface area contributed by atoms with Gasteiger partial charge in [-0.15, -0.1) is 0 Å². The Bertz CT molecular complexity index is 1070. The van der Waals surface area contributed by atoms with E-state index in [0.29, 0.717) is 11.4 Å². The van der Waals surface area contributed by atoms with Crippen LogP contribution in [0.2, 0.25) is 0 Å². The molecule has 1 atom stereocenters. The first-order valence-electron chi connectivity index (χ1n) is 10.4. The molecule has 0 saturated carbocycles. The lowest BCUT2D eigenvalue weighted by Crippen LogP contribution is -2.52. The van der Waals surface area contributed by atoms with Crippen molar-refractivity contribution in [2.45, 2.75) is 39.4 Å². The first-order valence-corrected chi connectivity index (χ1v) is 13.0. The third-order valence-electron chi connectivity index (χ3n) is 4.88. The van der Waals surface area contributed by atoms with Gasteiger partial charge in [-0.1, -0.05) is 28.1 Å². The molecule has 0 aliphatic rings. The molecule has 1 unspecified atom stereocenters. The van der Waals surface area contributed by atoms with Crippen LogP contribution in [0, 0.1) is 0 Å². The zero-order chi connectivity index (χ0) is 24.8. The molecule has 2 amide bonds. The Morgan fingerprint density at radius 2 is 1.73 bits per heavy atom. The van der Waals surface area contributed by atoms with E-state index in [1.54, 1.807) is 31.2 Å². The fourth-order valence-electron chi connectivity index (χ4n) is 3.18. The van der Waals surface area contributed by atoms with Crippen LogP contribution in [0.5, 0.6) is 5.75 Å². The molecule has 0 aliphatic heterocycles. The summed E-state index contributed by atoms with van der Waals surface area (Å²) in [6.07, 6.45) is 1.04. The molecule has 0 aliphatic carbocycles. The number of halogens is 1. The monoisotopic (exact) mass is 539 g/mol. The summed E-state index contributed by atoms with van der Waals surface area (Å²) in [7, 11) is -2.26. The van der Waals surface area contributed by atoms with Crippen LogP contribution in [0.15, 0.2) is 53.0 Å². The lowest BCUT2D eigenvalue weighted by molar-refractivity contribution is -0.139. The van der Waals surface area contributed by atoms with Crippen LogP contribution < -0.4 is 14.4 Å². The predicted octanol–water partition coefficient (Wildman–Crippen LogP) is 3.17. The second-order valence-corrected chi connectivity index (χ2v) is 10.8. The first-order chi connectivity index (χ1) is 15.4. The number of amides is 2. The van der Waals surface area contributed by atoms with E-state index in [4.69, 9.17) is 4.74 Å². The number of hydrogen-bond acceptors (Lipinski definition) is 5.